The van der Waals surface area contributed by atoms with Crippen LogP contribution >= 0.6 is 0 Å². The third kappa shape index (κ3) is 4.88. The second-order valence-corrected chi connectivity index (χ2v) is 11.3. The van der Waals surface area contributed by atoms with Gasteiger partial charge < -0.3 is 5.32 Å². The third-order valence-electron chi connectivity index (χ3n) is 4.54. The number of nitrogens with one attached hydrogen (secondary N) is 2. The summed E-state index contributed by atoms with van der Waals surface area (Å²) in [5.74, 6) is -0.209. The molecule has 2 aromatic carbocycles. The highest BCUT2D eigenvalue weighted by Gasteiger charge is 2.28. The van der Waals surface area contributed by atoms with Crippen molar-refractivity contribution in [3.63, 3.8) is 0 Å². The van der Waals surface area contributed by atoms with Crippen LogP contribution in [0.1, 0.15) is 30.6 Å². The summed E-state index contributed by atoms with van der Waals surface area (Å²) in [5, 5.41) is 2.17. The quantitative estimate of drug-likeness (QED) is 0.721. The van der Waals surface area contributed by atoms with Gasteiger partial charge in [-0.1, -0.05) is 0 Å². The first-order valence-corrected chi connectivity index (χ1v) is 12.3. The lowest BCUT2D eigenvalue weighted by Gasteiger charge is -2.17. The average Bonchev–Trinajstić information content (AvgIpc) is 3.01. The summed E-state index contributed by atoms with van der Waals surface area (Å²) in [6.45, 7) is 3.62. The first-order chi connectivity index (χ1) is 13.6. The molecule has 1 aliphatic rings. The van der Waals surface area contributed by atoms with Crippen LogP contribution in [-0.4, -0.2) is 40.3 Å². The van der Waals surface area contributed by atoms with E-state index in [0.717, 1.165) is 0 Å². The third-order valence-corrected chi connectivity index (χ3v) is 8.17. The van der Waals surface area contributed by atoms with Gasteiger partial charge in [0.05, 0.1) is 16.7 Å². The Morgan fingerprint density at radius 1 is 1.00 bits per heavy atom. The fraction of sp³-hybridized carbons (Fsp3) is 0.316. The summed E-state index contributed by atoms with van der Waals surface area (Å²) >= 11 is 0. The summed E-state index contributed by atoms with van der Waals surface area (Å²) in [7, 11) is -6.69. The molecule has 0 unspecified atom stereocenters. The van der Waals surface area contributed by atoms with Crippen LogP contribution in [0.3, 0.4) is 0 Å². The van der Waals surface area contributed by atoms with Gasteiger partial charge in [0.15, 0.2) is 0 Å². The summed E-state index contributed by atoms with van der Waals surface area (Å²) < 4.78 is 51.6. The van der Waals surface area contributed by atoms with E-state index in [4.69, 9.17) is 0 Å². The number of sulfonamides is 2. The summed E-state index contributed by atoms with van der Waals surface area (Å²) in [6, 6.07) is 12.7. The molecule has 0 saturated carbocycles. The molecular weight excluding hydrogens is 414 g/mol. The van der Waals surface area contributed by atoms with E-state index in [2.05, 4.69) is 10.0 Å². The lowest BCUT2D eigenvalue weighted by molar-refractivity contribution is 0.102. The predicted molar refractivity (Wildman–Crippen MR) is 114 cm³/mol. The fourth-order valence-electron chi connectivity index (χ4n) is 2.82. The van der Waals surface area contributed by atoms with Gasteiger partial charge in [-0.05, 0) is 68.8 Å². The molecule has 1 heterocycles. The van der Waals surface area contributed by atoms with Gasteiger partial charge >= 0.3 is 0 Å². The minimum absolute atomic E-state index is 0.148. The Morgan fingerprint density at radius 3 is 2.10 bits per heavy atom. The monoisotopic (exact) mass is 437 g/mol. The molecule has 0 atom stereocenters. The average molecular weight is 438 g/mol. The van der Waals surface area contributed by atoms with E-state index in [-0.39, 0.29) is 11.7 Å². The number of carbonyl (C=O) groups is 1. The van der Waals surface area contributed by atoms with Crippen LogP contribution in [0.2, 0.25) is 0 Å². The molecule has 3 rings (SSSR count). The second kappa shape index (κ2) is 8.03. The van der Waals surface area contributed by atoms with Crippen molar-refractivity contribution in [2.75, 3.05) is 26.6 Å². The normalized spacial score (nSPS) is 16.0. The lowest BCUT2D eigenvalue weighted by Crippen LogP contribution is -2.25. The van der Waals surface area contributed by atoms with E-state index in [0.29, 0.717) is 35.6 Å². The van der Waals surface area contributed by atoms with Crippen molar-refractivity contribution in [2.24, 2.45) is 0 Å². The van der Waals surface area contributed by atoms with E-state index >= 15 is 0 Å². The molecule has 2 N–H and O–H groups in total. The van der Waals surface area contributed by atoms with Crippen LogP contribution in [0.4, 0.5) is 17.1 Å². The number of rotatable bonds is 6. The largest absolute Gasteiger partial charge is 0.322 e. The standard InChI is InChI=1S/C19H23N3O5S2/c1-14(2)29(26,27)21-17-6-4-15(5-7-17)19(23)20-16-8-10-18(11-9-16)22-12-3-13-28(22,24)25/h4-11,14,21H,3,12-13H2,1-2H3,(H,20,23). The van der Waals surface area contributed by atoms with Crippen molar-refractivity contribution in [2.45, 2.75) is 25.5 Å². The Balaban J connectivity index is 1.66. The molecule has 29 heavy (non-hydrogen) atoms. The van der Waals surface area contributed by atoms with Gasteiger partial charge in [-0.3, -0.25) is 13.8 Å². The second-order valence-electron chi connectivity index (χ2n) is 7.02. The Morgan fingerprint density at radius 2 is 1.59 bits per heavy atom. The zero-order valence-corrected chi connectivity index (χ0v) is 17.8. The molecule has 8 nitrogen and oxygen atoms in total. The first kappa shape index (κ1) is 21.1. The molecule has 10 heteroatoms. The molecule has 0 aliphatic carbocycles. The molecule has 0 bridgehead atoms. The molecule has 156 valence electrons. The maximum absolute atomic E-state index is 12.4. The summed E-state index contributed by atoms with van der Waals surface area (Å²) in [5.41, 5.74) is 1.84. The number of carbonyl (C=O) groups excluding carboxylic acids is 1. The molecule has 1 aliphatic heterocycles. The number of anilines is 3. The van der Waals surface area contributed by atoms with Crippen LogP contribution < -0.4 is 14.3 Å². The molecule has 1 saturated heterocycles. The van der Waals surface area contributed by atoms with Crippen molar-refractivity contribution in [3.05, 3.63) is 54.1 Å². The van der Waals surface area contributed by atoms with Gasteiger partial charge in [0.25, 0.3) is 5.91 Å². The Bertz CT molecular complexity index is 1090. The molecule has 2 aromatic rings. The maximum atomic E-state index is 12.4. The van der Waals surface area contributed by atoms with E-state index < -0.39 is 25.3 Å². The van der Waals surface area contributed by atoms with Gasteiger partial charge in [-0.15, -0.1) is 0 Å². The van der Waals surface area contributed by atoms with Crippen molar-refractivity contribution in [3.8, 4) is 0 Å². The summed E-state index contributed by atoms with van der Waals surface area (Å²) in [4.78, 5) is 12.4. The molecule has 1 fully saturated rings. The van der Waals surface area contributed by atoms with Crippen LogP contribution in [0.25, 0.3) is 0 Å². The highest BCUT2D eigenvalue weighted by Crippen LogP contribution is 2.25. The van der Waals surface area contributed by atoms with Crippen molar-refractivity contribution < 1.29 is 21.6 Å². The van der Waals surface area contributed by atoms with Crippen molar-refractivity contribution in [1.82, 2.24) is 0 Å². The zero-order chi connectivity index (χ0) is 21.2. The van der Waals surface area contributed by atoms with Crippen LogP contribution in [0.5, 0.6) is 0 Å². The number of benzene rings is 2. The van der Waals surface area contributed by atoms with Crippen LogP contribution in [0.15, 0.2) is 48.5 Å². The van der Waals surface area contributed by atoms with Gasteiger partial charge in [-0.25, -0.2) is 16.8 Å². The minimum atomic E-state index is -3.45. The van der Waals surface area contributed by atoms with E-state index in [1.54, 1.807) is 38.1 Å². The number of hydrogen-bond donors (Lipinski definition) is 2. The molecular formula is C19H23N3O5S2. The number of amides is 1. The molecule has 0 aromatic heterocycles. The number of hydrogen-bond acceptors (Lipinski definition) is 5. The van der Waals surface area contributed by atoms with E-state index in [9.17, 15) is 21.6 Å². The Kier molecular flexibility index (Phi) is 5.85. The topological polar surface area (TPSA) is 113 Å². The number of nitrogens with zero attached hydrogens (tertiary/aromatic N) is 1. The fourth-order valence-corrected chi connectivity index (χ4v) is 5.08. The lowest BCUT2D eigenvalue weighted by atomic mass is 10.2. The molecule has 1 amide bonds. The minimum Gasteiger partial charge on any atom is -0.322 e. The highest BCUT2D eigenvalue weighted by atomic mass is 32.2. The predicted octanol–water partition coefficient (Wildman–Crippen LogP) is 2.63. The zero-order valence-electron chi connectivity index (χ0n) is 16.1. The van der Waals surface area contributed by atoms with Gasteiger partial charge in [0.1, 0.15) is 0 Å². The van der Waals surface area contributed by atoms with Crippen molar-refractivity contribution in [1.29, 1.82) is 0 Å². The molecule has 0 spiro atoms. The van der Waals surface area contributed by atoms with Crippen LogP contribution in [0, 0.1) is 0 Å². The van der Waals surface area contributed by atoms with E-state index in [1.165, 1.54) is 28.6 Å². The Hall–Kier alpha value is -2.59. The summed E-state index contributed by atoms with van der Waals surface area (Å²) in [6.07, 6.45) is 0.601. The van der Waals surface area contributed by atoms with Gasteiger partial charge in [0, 0.05) is 23.5 Å². The SMILES string of the molecule is CC(C)S(=O)(=O)Nc1ccc(C(=O)Nc2ccc(N3CCCS3(=O)=O)cc2)cc1. The van der Waals surface area contributed by atoms with Crippen LogP contribution in [-0.2, 0) is 20.0 Å². The Labute approximate surface area is 171 Å². The van der Waals surface area contributed by atoms with Crippen molar-refractivity contribution >= 4 is 43.0 Å². The van der Waals surface area contributed by atoms with Gasteiger partial charge in [0.2, 0.25) is 20.0 Å². The van der Waals surface area contributed by atoms with Gasteiger partial charge in [-0.2, -0.15) is 0 Å². The van der Waals surface area contributed by atoms with E-state index in [1.807, 2.05) is 0 Å². The molecule has 0 radical (unpaired) electrons. The smallest absolute Gasteiger partial charge is 0.255 e. The first-order valence-electron chi connectivity index (χ1n) is 9.12. The maximum Gasteiger partial charge on any atom is 0.255 e. The highest BCUT2D eigenvalue weighted by molar-refractivity contribution is 7.93.